The summed E-state index contributed by atoms with van der Waals surface area (Å²) in [5, 5.41) is 10.3. The molecule has 122 valence electrons. The topological polar surface area (TPSA) is 66.4 Å². The number of carbonyl (C=O) groups is 2. The number of hydrogen-bond acceptors (Lipinski definition) is 2. The molecule has 0 heterocycles. The molecule has 1 aliphatic rings. The van der Waals surface area contributed by atoms with Gasteiger partial charge in [-0.3, -0.25) is 9.59 Å². The molecule has 2 N–H and O–H groups in total. The van der Waals surface area contributed by atoms with Gasteiger partial charge in [0.15, 0.2) is 0 Å². The molecule has 0 atom stereocenters. The van der Waals surface area contributed by atoms with Crippen molar-refractivity contribution in [3.05, 3.63) is 0 Å². The molecule has 0 bridgehead atoms. The second-order valence-corrected chi connectivity index (χ2v) is 5.16. The lowest BCUT2D eigenvalue weighted by Gasteiger charge is -2.41. The Morgan fingerprint density at radius 1 is 1.10 bits per heavy atom. The minimum atomic E-state index is -5.75. The van der Waals surface area contributed by atoms with E-state index in [4.69, 9.17) is 5.11 Å². The summed E-state index contributed by atoms with van der Waals surface area (Å²) >= 11 is 0. The molecular formula is C11H13F6NO3. The van der Waals surface area contributed by atoms with E-state index in [9.17, 15) is 35.9 Å². The molecule has 0 saturated heterocycles. The van der Waals surface area contributed by atoms with Gasteiger partial charge in [-0.25, -0.2) is 0 Å². The second kappa shape index (κ2) is 5.72. The monoisotopic (exact) mass is 321 g/mol. The van der Waals surface area contributed by atoms with Crippen molar-refractivity contribution in [1.82, 2.24) is 5.32 Å². The van der Waals surface area contributed by atoms with Gasteiger partial charge in [-0.15, -0.1) is 0 Å². The lowest BCUT2D eigenvalue weighted by Crippen LogP contribution is -2.51. The minimum Gasteiger partial charge on any atom is -0.481 e. The largest absolute Gasteiger partial charge is 0.481 e. The van der Waals surface area contributed by atoms with Gasteiger partial charge in [0.1, 0.15) is 0 Å². The van der Waals surface area contributed by atoms with Crippen LogP contribution in [0, 0.1) is 11.3 Å². The number of amides is 1. The first-order chi connectivity index (χ1) is 9.37. The van der Waals surface area contributed by atoms with E-state index in [1.54, 1.807) is 5.32 Å². The Labute approximate surface area is 115 Å². The highest BCUT2D eigenvalue weighted by Crippen LogP contribution is 2.44. The van der Waals surface area contributed by atoms with Crippen molar-refractivity contribution in [2.45, 2.75) is 38.0 Å². The quantitative estimate of drug-likeness (QED) is 0.765. The molecule has 0 spiro atoms. The lowest BCUT2D eigenvalue weighted by atomic mass is 9.66. The predicted molar refractivity (Wildman–Crippen MR) is 57.1 cm³/mol. The predicted octanol–water partition coefficient (Wildman–Crippen LogP) is 2.49. The molecule has 0 unspecified atom stereocenters. The van der Waals surface area contributed by atoms with E-state index in [-0.39, 0.29) is 0 Å². The fourth-order valence-corrected chi connectivity index (χ4v) is 2.27. The van der Waals surface area contributed by atoms with Gasteiger partial charge in [-0.1, -0.05) is 6.42 Å². The van der Waals surface area contributed by atoms with Gasteiger partial charge in [-0.2, -0.15) is 26.3 Å². The first kappa shape index (κ1) is 17.6. The molecule has 21 heavy (non-hydrogen) atoms. The number of alkyl halides is 6. The second-order valence-electron chi connectivity index (χ2n) is 5.16. The van der Waals surface area contributed by atoms with Crippen LogP contribution in [0.5, 0.6) is 0 Å². The molecule has 4 nitrogen and oxygen atoms in total. The summed E-state index contributed by atoms with van der Waals surface area (Å²) in [6.07, 6.45) is -10.6. The van der Waals surface area contributed by atoms with E-state index in [0.29, 0.717) is 19.3 Å². The minimum absolute atomic E-state index is 0.336. The Hall–Kier alpha value is -1.48. The number of hydrogen-bond donors (Lipinski definition) is 2. The standard InChI is InChI=1S/C11H13F6NO3/c12-10(13,14)7(11(15,16)17)8(21)18-5-9(2-1-3-9)4-6(19)20/h7H,1-5H2,(H,18,21)(H,19,20). The van der Waals surface area contributed by atoms with Gasteiger partial charge in [0, 0.05) is 6.54 Å². The van der Waals surface area contributed by atoms with Crippen LogP contribution in [0.3, 0.4) is 0 Å². The maximum Gasteiger partial charge on any atom is 0.409 e. The molecule has 1 saturated carbocycles. The average Bonchev–Trinajstić information content (AvgIpc) is 2.16. The van der Waals surface area contributed by atoms with Gasteiger partial charge in [0.25, 0.3) is 0 Å². The van der Waals surface area contributed by atoms with Crippen molar-refractivity contribution in [3.8, 4) is 0 Å². The van der Waals surface area contributed by atoms with Gasteiger partial charge < -0.3 is 10.4 Å². The lowest BCUT2D eigenvalue weighted by molar-refractivity contribution is -0.274. The number of rotatable bonds is 5. The summed E-state index contributed by atoms with van der Waals surface area (Å²) in [6, 6.07) is 0. The van der Waals surface area contributed by atoms with Gasteiger partial charge in [0.2, 0.25) is 11.8 Å². The fraction of sp³-hybridized carbons (Fsp3) is 0.818. The summed E-state index contributed by atoms with van der Waals surface area (Å²) in [4.78, 5) is 21.8. The number of carbonyl (C=O) groups excluding carboxylic acids is 1. The molecule has 0 radical (unpaired) electrons. The summed E-state index contributed by atoms with van der Waals surface area (Å²) in [5.41, 5.74) is -0.955. The Kier molecular flexibility index (Phi) is 4.79. The van der Waals surface area contributed by atoms with Gasteiger partial charge >= 0.3 is 18.3 Å². The summed E-state index contributed by atoms with van der Waals surface area (Å²) in [6.45, 7) is -0.513. The Bertz CT molecular complexity index is 399. The molecule has 0 aliphatic heterocycles. The molecule has 1 amide bonds. The van der Waals surface area contributed by atoms with Crippen LogP contribution in [0.4, 0.5) is 26.3 Å². The first-order valence-corrected chi connectivity index (χ1v) is 6.00. The van der Waals surface area contributed by atoms with Crippen LogP contribution in [0.1, 0.15) is 25.7 Å². The van der Waals surface area contributed by atoms with Crippen molar-refractivity contribution in [3.63, 3.8) is 0 Å². The summed E-state index contributed by atoms with van der Waals surface area (Å²) < 4.78 is 73.9. The molecule has 1 rings (SSSR count). The number of halogens is 6. The van der Waals surface area contributed by atoms with Crippen LogP contribution in [0.15, 0.2) is 0 Å². The Balaban J connectivity index is 2.73. The van der Waals surface area contributed by atoms with Crippen molar-refractivity contribution >= 4 is 11.9 Å². The molecule has 10 heteroatoms. The SMILES string of the molecule is O=C(O)CC1(CNC(=O)C(C(F)(F)F)C(F)(F)F)CCC1. The fourth-order valence-electron chi connectivity index (χ4n) is 2.27. The number of carboxylic acid groups (broad SMARTS) is 1. The van der Waals surface area contributed by atoms with E-state index in [0.717, 1.165) is 0 Å². The normalized spacial score (nSPS) is 18.2. The zero-order valence-electron chi connectivity index (χ0n) is 10.6. The number of carboxylic acids is 1. The van der Waals surface area contributed by atoms with Crippen molar-refractivity contribution in [2.75, 3.05) is 6.54 Å². The zero-order valence-corrected chi connectivity index (χ0v) is 10.6. The molecule has 1 aliphatic carbocycles. The number of aliphatic carboxylic acids is 1. The third-order valence-corrected chi connectivity index (χ3v) is 3.49. The third kappa shape index (κ3) is 4.50. The Morgan fingerprint density at radius 3 is 1.86 bits per heavy atom. The maximum absolute atomic E-state index is 12.3. The van der Waals surface area contributed by atoms with Crippen LogP contribution in [0.25, 0.3) is 0 Å². The molecule has 0 aromatic rings. The van der Waals surface area contributed by atoms with E-state index < -0.39 is 48.5 Å². The van der Waals surface area contributed by atoms with Gasteiger partial charge in [-0.05, 0) is 18.3 Å². The van der Waals surface area contributed by atoms with Gasteiger partial charge in [0.05, 0.1) is 6.42 Å². The van der Waals surface area contributed by atoms with Crippen molar-refractivity contribution < 1.29 is 41.0 Å². The Morgan fingerprint density at radius 2 is 1.57 bits per heavy atom. The highest BCUT2D eigenvalue weighted by atomic mass is 19.4. The molecule has 1 fully saturated rings. The highest BCUT2D eigenvalue weighted by Gasteiger charge is 2.61. The summed E-state index contributed by atoms with van der Waals surface area (Å²) in [5.74, 6) is -7.52. The van der Waals surface area contributed by atoms with Crippen LogP contribution in [0.2, 0.25) is 0 Å². The van der Waals surface area contributed by atoms with E-state index in [1.807, 2.05) is 0 Å². The summed E-state index contributed by atoms with van der Waals surface area (Å²) in [7, 11) is 0. The zero-order chi connectivity index (χ0) is 16.5. The van der Waals surface area contributed by atoms with E-state index in [2.05, 4.69) is 0 Å². The van der Waals surface area contributed by atoms with Crippen LogP contribution in [-0.2, 0) is 9.59 Å². The average molecular weight is 321 g/mol. The molecular weight excluding hydrogens is 308 g/mol. The van der Waals surface area contributed by atoms with Crippen LogP contribution in [-0.4, -0.2) is 35.9 Å². The highest BCUT2D eigenvalue weighted by molar-refractivity contribution is 5.80. The smallest absolute Gasteiger partial charge is 0.409 e. The molecule has 0 aromatic heterocycles. The van der Waals surface area contributed by atoms with Crippen molar-refractivity contribution in [2.24, 2.45) is 11.3 Å². The third-order valence-electron chi connectivity index (χ3n) is 3.49. The van der Waals surface area contributed by atoms with Crippen molar-refractivity contribution in [1.29, 1.82) is 0 Å². The van der Waals surface area contributed by atoms with Crippen LogP contribution < -0.4 is 5.32 Å². The first-order valence-electron chi connectivity index (χ1n) is 6.00. The number of nitrogens with one attached hydrogen (secondary N) is 1. The van der Waals surface area contributed by atoms with Crippen LogP contribution >= 0.6 is 0 Å². The van der Waals surface area contributed by atoms with E-state index in [1.165, 1.54) is 0 Å². The van der Waals surface area contributed by atoms with E-state index >= 15 is 0 Å². The maximum atomic E-state index is 12.3. The molecule has 0 aromatic carbocycles.